The number of ether oxygens (including phenoxy) is 2. The largest absolute Gasteiger partial charge is 0.503 e. The number of aliphatic hydroxyl groups excluding tert-OH is 1. The van der Waals surface area contributed by atoms with E-state index < -0.39 is 23.5 Å². The number of anilines is 1. The standard InChI is InChI=1S/C33H28N2O6S/c1-20-31(21(2)36)42-33(34-20)35-29(28(30(38)32(35)39)25(37)16-14-22-10-6-4-7-11-22)24-15-17-26(27(18-24)40-3)41-19-23-12-8-5-9-13-23/h4-18,29,38H,19H2,1-3H3/b16-14+. The van der Waals surface area contributed by atoms with Crippen LogP contribution in [0.2, 0.25) is 0 Å². The number of methoxy groups -OCH3 is 1. The van der Waals surface area contributed by atoms with Crippen LogP contribution in [-0.2, 0) is 16.2 Å². The highest BCUT2D eigenvalue weighted by molar-refractivity contribution is 7.17. The fourth-order valence-electron chi connectivity index (χ4n) is 4.72. The van der Waals surface area contributed by atoms with Crippen LogP contribution in [0.5, 0.6) is 11.5 Å². The third-order valence-electron chi connectivity index (χ3n) is 6.75. The van der Waals surface area contributed by atoms with Crippen molar-refractivity contribution in [2.24, 2.45) is 0 Å². The number of aromatic nitrogens is 1. The number of carbonyl (C=O) groups is 3. The molecule has 0 saturated heterocycles. The topological polar surface area (TPSA) is 106 Å². The molecule has 0 saturated carbocycles. The van der Waals surface area contributed by atoms with Gasteiger partial charge >= 0.3 is 0 Å². The number of hydrogen-bond acceptors (Lipinski definition) is 8. The van der Waals surface area contributed by atoms with Gasteiger partial charge in [0.25, 0.3) is 5.91 Å². The molecule has 2 heterocycles. The first kappa shape index (κ1) is 28.5. The summed E-state index contributed by atoms with van der Waals surface area (Å²) < 4.78 is 11.6. The Morgan fingerprint density at radius 2 is 1.71 bits per heavy atom. The van der Waals surface area contributed by atoms with Crippen molar-refractivity contribution in [3.05, 3.63) is 124 Å². The maximum atomic E-state index is 13.6. The lowest BCUT2D eigenvalue weighted by Gasteiger charge is -2.25. The minimum atomic E-state index is -1.03. The van der Waals surface area contributed by atoms with Crippen LogP contribution in [0, 0.1) is 6.92 Å². The lowest BCUT2D eigenvalue weighted by Crippen LogP contribution is -2.30. The number of ketones is 2. The zero-order chi connectivity index (χ0) is 29.8. The molecular weight excluding hydrogens is 552 g/mol. The molecule has 1 N–H and O–H groups in total. The van der Waals surface area contributed by atoms with Gasteiger partial charge in [0, 0.05) is 6.92 Å². The van der Waals surface area contributed by atoms with Gasteiger partial charge in [0.1, 0.15) is 6.61 Å². The number of amides is 1. The second kappa shape index (κ2) is 12.2. The predicted molar refractivity (Wildman–Crippen MR) is 161 cm³/mol. The summed E-state index contributed by atoms with van der Waals surface area (Å²) in [6.07, 6.45) is 2.95. The molecular formula is C33H28N2O6S. The Morgan fingerprint density at radius 3 is 2.36 bits per heavy atom. The number of hydrogen-bond donors (Lipinski definition) is 1. The molecule has 0 fully saturated rings. The van der Waals surface area contributed by atoms with Crippen molar-refractivity contribution in [2.45, 2.75) is 26.5 Å². The lowest BCUT2D eigenvalue weighted by molar-refractivity contribution is -0.117. The molecule has 0 aliphatic carbocycles. The smallest absolute Gasteiger partial charge is 0.296 e. The van der Waals surface area contributed by atoms with Gasteiger partial charge in [0.2, 0.25) is 0 Å². The van der Waals surface area contributed by atoms with E-state index in [1.54, 1.807) is 31.2 Å². The molecule has 212 valence electrons. The average Bonchev–Trinajstić information content (AvgIpc) is 3.52. The number of rotatable bonds is 10. The number of aliphatic hydroxyl groups is 1. The maximum absolute atomic E-state index is 13.6. The highest BCUT2D eigenvalue weighted by atomic mass is 32.1. The molecule has 9 heteroatoms. The van der Waals surface area contributed by atoms with Crippen LogP contribution in [0.1, 0.15) is 45.0 Å². The summed E-state index contributed by atoms with van der Waals surface area (Å²) in [5.41, 5.74) is 2.60. The van der Waals surface area contributed by atoms with Crippen LogP contribution < -0.4 is 14.4 Å². The van der Waals surface area contributed by atoms with E-state index in [0.717, 1.165) is 22.5 Å². The summed E-state index contributed by atoms with van der Waals surface area (Å²) in [6, 6.07) is 22.9. The van der Waals surface area contributed by atoms with Crippen molar-refractivity contribution in [1.29, 1.82) is 0 Å². The van der Waals surface area contributed by atoms with Crippen molar-refractivity contribution in [2.75, 3.05) is 12.0 Å². The molecule has 5 rings (SSSR count). The van der Waals surface area contributed by atoms with Gasteiger partial charge < -0.3 is 14.6 Å². The summed E-state index contributed by atoms with van der Waals surface area (Å²) in [7, 11) is 1.50. The van der Waals surface area contributed by atoms with Crippen LogP contribution in [0.3, 0.4) is 0 Å². The second-order valence-corrected chi connectivity index (χ2v) is 10.6. The van der Waals surface area contributed by atoms with Crippen LogP contribution in [0.25, 0.3) is 6.08 Å². The lowest BCUT2D eigenvalue weighted by atomic mass is 9.95. The Kier molecular flexibility index (Phi) is 8.31. The number of carbonyl (C=O) groups excluding carboxylic acids is 3. The summed E-state index contributed by atoms with van der Waals surface area (Å²) in [6.45, 7) is 3.41. The Bertz CT molecular complexity index is 1710. The van der Waals surface area contributed by atoms with Crippen LogP contribution >= 0.6 is 11.3 Å². The van der Waals surface area contributed by atoms with Gasteiger partial charge in [0.05, 0.1) is 29.3 Å². The van der Waals surface area contributed by atoms with E-state index in [1.807, 2.05) is 60.7 Å². The number of Topliss-reactive ketones (excluding diaryl/α,β-unsaturated/α-hetero) is 1. The molecule has 0 radical (unpaired) electrons. The third-order valence-corrected chi connectivity index (χ3v) is 8.01. The zero-order valence-electron chi connectivity index (χ0n) is 23.2. The normalized spacial score (nSPS) is 15.0. The average molecular weight is 581 g/mol. The van der Waals surface area contributed by atoms with E-state index in [9.17, 15) is 19.5 Å². The van der Waals surface area contributed by atoms with Crippen LogP contribution in [0.4, 0.5) is 5.13 Å². The maximum Gasteiger partial charge on any atom is 0.296 e. The fraction of sp³-hybridized carbons (Fsp3) is 0.152. The first-order valence-electron chi connectivity index (χ1n) is 13.2. The number of thiazole rings is 1. The summed E-state index contributed by atoms with van der Waals surface area (Å²) in [5, 5.41) is 11.2. The molecule has 0 bridgehead atoms. The minimum Gasteiger partial charge on any atom is -0.503 e. The number of allylic oxidation sites excluding steroid dienone is 1. The van der Waals surface area contributed by atoms with E-state index in [1.165, 1.54) is 25.0 Å². The Morgan fingerprint density at radius 1 is 1.02 bits per heavy atom. The number of aryl methyl sites for hydroxylation is 1. The van der Waals surface area contributed by atoms with Gasteiger partial charge in [-0.05, 0) is 41.8 Å². The Labute approximate surface area is 247 Å². The molecule has 1 amide bonds. The molecule has 8 nitrogen and oxygen atoms in total. The molecule has 1 unspecified atom stereocenters. The molecule has 1 aromatic heterocycles. The predicted octanol–water partition coefficient (Wildman–Crippen LogP) is 6.42. The molecule has 1 aliphatic heterocycles. The minimum absolute atomic E-state index is 0.107. The molecule has 4 aromatic rings. The van der Waals surface area contributed by atoms with Crippen molar-refractivity contribution in [1.82, 2.24) is 4.98 Å². The summed E-state index contributed by atoms with van der Waals surface area (Å²) in [5.74, 6) is -1.35. The third kappa shape index (κ3) is 5.73. The van der Waals surface area contributed by atoms with E-state index >= 15 is 0 Å². The molecule has 1 aliphatic rings. The second-order valence-electron chi connectivity index (χ2n) is 9.60. The first-order chi connectivity index (χ1) is 20.3. The quantitative estimate of drug-likeness (QED) is 0.170. The van der Waals surface area contributed by atoms with Crippen molar-refractivity contribution in [3.63, 3.8) is 0 Å². The fourth-order valence-corrected chi connectivity index (χ4v) is 5.71. The molecule has 3 aromatic carbocycles. The van der Waals surface area contributed by atoms with Crippen LogP contribution in [-0.4, -0.2) is 34.7 Å². The number of nitrogens with zero attached hydrogens (tertiary/aromatic N) is 2. The SMILES string of the molecule is COc1cc(C2C(C(=O)/C=C/c3ccccc3)=C(O)C(=O)N2c2nc(C)c(C(C)=O)s2)ccc1OCc1ccccc1. The van der Waals surface area contributed by atoms with Crippen molar-refractivity contribution < 1.29 is 29.0 Å². The number of benzene rings is 3. The Balaban J connectivity index is 1.56. The van der Waals surface area contributed by atoms with E-state index in [0.29, 0.717) is 34.2 Å². The molecule has 0 spiro atoms. The van der Waals surface area contributed by atoms with Gasteiger partial charge in [-0.25, -0.2) is 4.98 Å². The van der Waals surface area contributed by atoms with Crippen LogP contribution in [0.15, 0.2) is 96.3 Å². The van der Waals surface area contributed by atoms with Crippen molar-refractivity contribution in [3.8, 4) is 11.5 Å². The van der Waals surface area contributed by atoms with Gasteiger partial charge in [0.15, 0.2) is 34.0 Å². The highest BCUT2D eigenvalue weighted by Crippen LogP contribution is 2.45. The highest BCUT2D eigenvalue weighted by Gasteiger charge is 2.45. The zero-order valence-corrected chi connectivity index (χ0v) is 24.1. The Hall–Kier alpha value is -5.02. The van der Waals surface area contributed by atoms with E-state index in [-0.39, 0.29) is 16.5 Å². The van der Waals surface area contributed by atoms with E-state index in [2.05, 4.69) is 4.98 Å². The van der Waals surface area contributed by atoms with E-state index in [4.69, 9.17) is 9.47 Å². The summed E-state index contributed by atoms with van der Waals surface area (Å²) in [4.78, 5) is 45.4. The van der Waals surface area contributed by atoms with Gasteiger partial charge in [-0.2, -0.15) is 0 Å². The van der Waals surface area contributed by atoms with Crippen molar-refractivity contribution >= 4 is 40.0 Å². The van der Waals surface area contributed by atoms with Gasteiger partial charge in [-0.1, -0.05) is 84.1 Å². The first-order valence-corrected chi connectivity index (χ1v) is 14.0. The van der Waals surface area contributed by atoms with Gasteiger partial charge in [-0.15, -0.1) is 0 Å². The monoisotopic (exact) mass is 580 g/mol. The molecule has 1 atom stereocenters. The van der Waals surface area contributed by atoms with Gasteiger partial charge in [-0.3, -0.25) is 19.3 Å². The molecule has 42 heavy (non-hydrogen) atoms. The summed E-state index contributed by atoms with van der Waals surface area (Å²) >= 11 is 1.03.